The molecule has 5 rings (SSSR count). The van der Waals surface area contributed by atoms with Crippen LogP contribution in [0.25, 0.3) is 21.1 Å². The maximum atomic E-state index is 6.19. The van der Waals surface area contributed by atoms with E-state index < -0.39 is 0 Å². The molecule has 4 aromatic carbocycles. The Balaban J connectivity index is 1.43. The second-order valence-corrected chi connectivity index (χ2v) is 9.57. The molecular formula is C28H20Cl2N2O2S. The lowest BCUT2D eigenvalue weighted by Crippen LogP contribution is -1.98. The molecule has 0 aliphatic carbocycles. The van der Waals surface area contributed by atoms with Gasteiger partial charge in [-0.25, -0.2) is 0 Å². The molecule has 7 heteroatoms. The first-order valence-electron chi connectivity index (χ1n) is 10.9. The van der Waals surface area contributed by atoms with Crippen LogP contribution in [0.2, 0.25) is 10.0 Å². The number of hydrogen-bond donors (Lipinski definition) is 0. The molecule has 0 fully saturated rings. The topological polar surface area (TPSA) is 44.2 Å². The lowest BCUT2D eigenvalue weighted by molar-refractivity contribution is 0.290. The summed E-state index contributed by atoms with van der Waals surface area (Å²) in [5.41, 5.74) is 3.90. The summed E-state index contributed by atoms with van der Waals surface area (Å²) in [6.45, 7) is 0.903. The van der Waals surface area contributed by atoms with Crippen molar-refractivity contribution >= 4 is 34.5 Å². The third kappa shape index (κ3) is 6.01. The molecule has 0 saturated heterocycles. The average Bonchev–Trinajstić information content (AvgIpc) is 3.40. The molecule has 0 aliphatic rings. The molecule has 0 radical (unpaired) electrons. The second-order valence-electron chi connectivity index (χ2n) is 7.78. The minimum atomic E-state index is 0.451. The van der Waals surface area contributed by atoms with Crippen LogP contribution in [0.4, 0.5) is 0 Å². The highest BCUT2D eigenvalue weighted by atomic mass is 35.5. The van der Waals surface area contributed by atoms with Crippen LogP contribution in [0, 0.1) is 0 Å². The fraction of sp³-hybridized carbons (Fsp3) is 0.0714. The summed E-state index contributed by atoms with van der Waals surface area (Å²) in [5, 5.41) is 11.3. The fourth-order valence-corrected chi connectivity index (χ4v) is 4.55. The van der Waals surface area contributed by atoms with Gasteiger partial charge in [0.15, 0.2) is 0 Å². The number of nitrogens with zero attached hydrogens (tertiary/aromatic N) is 2. The Morgan fingerprint density at radius 1 is 0.571 bits per heavy atom. The zero-order valence-corrected chi connectivity index (χ0v) is 20.9. The van der Waals surface area contributed by atoms with E-state index in [1.165, 1.54) is 11.3 Å². The molecule has 1 aromatic heterocycles. The molecule has 35 heavy (non-hydrogen) atoms. The molecule has 0 aliphatic heterocycles. The largest absolute Gasteiger partial charge is 0.489 e. The van der Waals surface area contributed by atoms with Crippen LogP contribution in [-0.2, 0) is 13.2 Å². The highest BCUT2D eigenvalue weighted by Crippen LogP contribution is 2.36. The van der Waals surface area contributed by atoms with Gasteiger partial charge in [0, 0.05) is 17.2 Å². The molecular weight excluding hydrogens is 499 g/mol. The number of aromatic nitrogens is 2. The lowest BCUT2D eigenvalue weighted by atomic mass is 10.2. The van der Waals surface area contributed by atoms with Crippen molar-refractivity contribution < 1.29 is 9.47 Å². The van der Waals surface area contributed by atoms with Crippen LogP contribution in [-0.4, -0.2) is 10.2 Å². The summed E-state index contributed by atoms with van der Waals surface area (Å²) in [4.78, 5) is 0. The summed E-state index contributed by atoms with van der Waals surface area (Å²) in [7, 11) is 0. The van der Waals surface area contributed by atoms with Gasteiger partial charge in [-0.1, -0.05) is 101 Å². The first-order chi connectivity index (χ1) is 17.1. The quantitative estimate of drug-likeness (QED) is 0.207. The van der Waals surface area contributed by atoms with E-state index in [0.29, 0.717) is 34.8 Å². The fourth-order valence-electron chi connectivity index (χ4n) is 3.43. The second kappa shape index (κ2) is 10.9. The van der Waals surface area contributed by atoms with Gasteiger partial charge in [0.05, 0.1) is 10.0 Å². The highest BCUT2D eigenvalue weighted by Gasteiger charge is 2.13. The van der Waals surface area contributed by atoms with E-state index in [4.69, 9.17) is 32.7 Å². The third-order valence-corrected chi connectivity index (χ3v) is 6.98. The molecule has 174 valence electrons. The molecule has 0 saturated carbocycles. The van der Waals surface area contributed by atoms with E-state index in [9.17, 15) is 0 Å². The summed E-state index contributed by atoms with van der Waals surface area (Å²) in [6.07, 6.45) is 0. The van der Waals surface area contributed by atoms with Gasteiger partial charge < -0.3 is 9.47 Å². The van der Waals surface area contributed by atoms with E-state index in [-0.39, 0.29) is 0 Å². The van der Waals surface area contributed by atoms with Gasteiger partial charge in [0.1, 0.15) is 34.7 Å². The van der Waals surface area contributed by atoms with Crippen molar-refractivity contribution in [3.63, 3.8) is 0 Å². The Hall–Kier alpha value is -3.38. The number of halogens is 2. The summed E-state index contributed by atoms with van der Waals surface area (Å²) < 4.78 is 12.2. The first-order valence-corrected chi connectivity index (χ1v) is 12.5. The van der Waals surface area contributed by atoms with E-state index in [1.807, 2.05) is 84.9 Å². The van der Waals surface area contributed by atoms with Crippen LogP contribution in [0.15, 0.2) is 97.1 Å². The molecule has 0 atom stereocenters. The maximum Gasteiger partial charge on any atom is 0.148 e. The Kier molecular flexibility index (Phi) is 7.28. The summed E-state index contributed by atoms with van der Waals surface area (Å²) >= 11 is 13.7. The van der Waals surface area contributed by atoms with E-state index >= 15 is 0 Å². The van der Waals surface area contributed by atoms with Crippen molar-refractivity contribution in [1.82, 2.24) is 10.2 Å². The van der Waals surface area contributed by atoms with Crippen LogP contribution in [0.3, 0.4) is 0 Å². The smallest absolute Gasteiger partial charge is 0.148 e. The van der Waals surface area contributed by atoms with E-state index in [2.05, 4.69) is 10.2 Å². The van der Waals surface area contributed by atoms with Crippen molar-refractivity contribution in [2.45, 2.75) is 13.2 Å². The average molecular weight is 519 g/mol. The molecule has 0 bridgehead atoms. The summed E-state index contributed by atoms with van der Waals surface area (Å²) in [6, 6.07) is 31.3. The van der Waals surface area contributed by atoms with E-state index in [0.717, 1.165) is 32.3 Å². The zero-order chi connectivity index (χ0) is 24.0. The SMILES string of the molecule is Clc1ccc(-c2nnc(-c3cc(OCc4ccccc4)cc(OCc4ccccc4)c3)s2)cc1Cl. The molecule has 0 amide bonds. The predicted octanol–water partition coefficient (Wildman–Crippen LogP) is 8.34. The minimum Gasteiger partial charge on any atom is -0.489 e. The first kappa shape index (κ1) is 23.4. The Labute approximate surface area is 217 Å². The predicted molar refractivity (Wildman–Crippen MR) is 142 cm³/mol. The monoisotopic (exact) mass is 518 g/mol. The van der Waals surface area contributed by atoms with Crippen molar-refractivity contribution in [3.05, 3.63) is 118 Å². The standard InChI is InChI=1S/C28H20Cl2N2O2S/c29-25-12-11-21(15-26(25)30)27-31-32-28(35-27)22-13-23(33-17-19-7-3-1-4-8-19)16-24(14-22)34-18-20-9-5-2-6-10-20/h1-16H,17-18H2. The Morgan fingerprint density at radius 3 is 1.66 bits per heavy atom. The number of hydrogen-bond acceptors (Lipinski definition) is 5. The highest BCUT2D eigenvalue weighted by molar-refractivity contribution is 7.17. The van der Waals surface area contributed by atoms with Crippen LogP contribution in [0.1, 0.15) is 11.1 Å². The lowest BCUT2D eigenvalue weighted by Gasteiger charge is -2.12. The van der Waals surface area contributed by atoms with Crippen molar-refractivity contribution in [2.24, 2.45) is 0 Å². The normalized spacial score (nSPS) is 10.8. The van der Waals surface area contributed by atoms with Gasteiger partial charge in [-0.05, 0) is 35.4 Å². The number of ether oxygens (including phenoxy) is 2. The Morgan fingerprint density at radius 2 is 1.11 bits per heavy atom. The number of rotatable bonds is 8. The molecule has 0 N–H and O–H groups in total. The van der Waals surface area contributed by atoms with E-state index in [1.54, 1.807) is 12.1 Å². The van der Waals surface area contributed by atoms with Gasteiger partial charge in [-0.15, -0.1) is 10.2 Å². The van der Waals surface area contributed by atoms with Gasteiger partial charge in [-0.2, -0.15) is 0 Å². The van der Waals surface area contributed by atoms with Gasteiger partial charge in [0.2, 0.25) is 0 Å². The third-order valence-electron chi connectivity index (χ3n) is 5.22. The van der Waals surface area contributed by atoms with Gasteiger partial charge >= 0.3 is 0 Å². The van der Waals surface area contributed by atoms with Crippen molar-refractivity contribution in [3.8, 4) is 32.6 Å². The Bertz CT molecular complexity index is 1360. The van der Waals surface area contributed by atoms with Crippen LogP contribution in [0.5, 0.6) is 11.5 Å². The molecule has 0 spiro atoms. The van der Waals surface area contributed by atoms with Crippen LogP contribution < -0.4 is 9.47 Å². The molecule has 5 aromatic rings. The van der Waals surface area contributed by atoms with Gasteiger partial charge in [-0.3, -0.25) is 0 Å². The summed E-state index contributed by atoms with van der Waals surface area (Å²) in [5.74, 6) is 1.39. The van der Waals surface area contributed by atoms with Crippen molar-refractivity contribution in [2.75, 3.05) is 0 Å². The molecule has 4 nitrogen and oxygen atoms in total. The number of benzene rings is 4. The van der Waals surface area contributed by atoms with Crippen LogP contribution >= 0.6 is 34.5 Å². The minimum absolute atomic E-state index is 0.451. The maximum absolute atomic E-state index is 6.19. The molecule has 1 heterocycles. The zero-order valence-electron chi connectivity index (χ0n) is 18.5. The molecule has 0 unspecified atom stereocenters. The van der Waals surface area contributed by atoms with Crippen molar-refractivity contribution in [1.29, 1.82) is 0 Å². The van der Waals surface area contributed by atoms with Gasteiger partial charge in [0.25, 0.3) is 0 Å².